The van der Waals surface area contributed by atoms with Crippen LogP contribution in [0.5, 0.6) is 17.2 Å². The van der Waals surface area contributed by atoms with Gasteiger partial charge in [0, 0.05) is 16.6 Å². The summed E-state index contributed by atoms with van der Waals surface area (Å²) in [4.78, 5) is 13.5. The molecule has 1 heterocycles. The molecule has 0 aliphatic heterocycles. The van der Waals surface area contributed by atoms with Crippen LogP contribution in [0.15, 0.2) is 66.7 Å². The van der Waals surface area contributed by atoms with Crippen molar-refractivity contribution in [2.75, 3.05) is 13.7 Å². The number of aromatic nitrogens is 1. The summed E-state index contributed by atoms with van der Waals surface area (Å²) >= 11 is 0. The minimum atomic E-state index is -4.84. The van der Waals surface area contributed by atoms with Crippen LogP contribution in [0.3, 0.4) is 0 Å². The molecule has 8 heteroatoms. The molecule has 0 aliphatic rings. The van der Waals surface area contributed by atoms with Gasteiger partial charge in [0.05, 0.1) is 12.6 Å². The highest BCUT2D eigenvalue weighted by Crippen LogP contribution is 2.34. The fourth-order valence-electron chi connectivity index (χ4n) is 4.08. The second-order valence-electron chi connectivity index (χ2n) is 7.98. The van der Waals surface area contributed by atoms with Crippen molar-refractivity contribution in [3.8, 4) is 29.6 Å². The van der Waals surface area contributed by atoms with Gasteiger partial charge < -0.3 is 14.2 Å². The molecule has 0 radical (unpaired) electrons. The Morgan fingerprint density at radius 1 is 1.00 bits per heavy atom. The van der Waals surface area contributed by atoms with Gasteiger partial charge in [0.1, 0.15) is 23.9 Å². The quantitative estimate of drug-likeness (QED) is 0.290. The van der Waals surface area contributed by atoms with Crippen molar-refractivity contribution in [3.63, 3.8) is 0 Å². The van der Waals surface area contributed by atoms with Crippen molar-refractivity contribution < 1.29 is 32.2 Å². The van der Waals surface area contributed by atoms with E-state index >= 15 is 0 Å². The lowest BCUT2D eigenvalue weighted by atomic mass is 10.0. The van der Waals surface area contributed by atoms with Crippen molar-refractivity contribution in [2.45, 2.75) is 19.7 Å². The van der Waals surface area contributed by atoms with Gasteiger partial charge in [-0.3, -0.25) is 9.36 Å². The van der Waals surface area contributed by atoms with Crippen molar-refractivity contribution in [3.05, 3.63) is 89.1 Å². The van der Waals surface area contributed by atoms with E-state index in [-0.39, 0.29) is 18.3 Å². The number of alkyl halides is 3. The number of ether oxygens (including phenoxy) is 3. The predicted octanol–water partition coefficient (Wildman–Crippen LogP) is 6.15. The van der Waals surface area contributed by atoms with E-state index in [1.807, 2.05) is 6.07 Å². The van der Waals surface area contributed by atoms with Crippen LogP contribution in [0, 0.1) is 19.3 Å². The topological polar surface area (TPSA) is 49.7 Å². The Morgan fingerprint density at radius 3 is 2.39 bits per heavy atom. The van der Waals surface area contributed by atoms with E-state index in [9.17, 15) is 18.0 Å². The SMILES string of the molecule is C#CCOc1cccc(Cc2c(C)n(C(=O)c3ccc(OC)cc3)c3ccc(OC(F)(F)F)cc23)c1. The first kappa shape index (κ1) is 24.7. The maximum atomic E-state index is 13.5. The highest BCUT2D eigenvalue weighted by molar-refractivity contribution is 6.04. The number of carbonyl (C=O) groups is 1. The molecule has 4 aromatic rings. The Labute approximate surface area is 206 Å². The third kappa shape index (κ3) is 5.31. The lowest BCUT2D eigenvalue weighted by Gasteiger charge is -2.10. The Hall–Kier alpha value is -4.38. The molecule has 0 atom stereocenters. The number of halogens is 3. The number of hydrogen-bond donors (Lipinski definition) is 0. The first-order chi connectivity index (χ1) is 17.2. The molecule has 36 heavy (non-hydrogen) atoms. The molecule has 1 aromatic heterocycles. The number of rotatable bonds is 7. The average molecular weight is 493 g/mol. The number of nitrogens with zero attached hydrogens (tertiary/aromatic N) is 1. The molecule has 0 saturated heterocycles. The van der Waals surface area contributed by atoms with Crippen LogP contribution in [0.4, 0.5) is 13.2 Å². The van der Waals surface area contributed by atoms with Crippen LogP contribution in [0.25, 0.3) is 10.9 Å². The fraction of sp³-hybridized carbons (Fsp3) is 0.179. The summed E-state index contributed by atoms with van der Waals surface area (Å²) in [6, 6.07) is 17.8. The van der Waals surface area contributed by atoms with Crippen LogP contribution in [-0.2, 0) is 6.42 Å². The van der Waals surface area contributed by atoms with Crippen molar-refractivity contribution in [2.24, 2.45) is 0 Å². The van der Waals surface area contributed by atoms with Gasteiger partial charge in [-0.15, -0.1) is 19.6 Å². The van der Waals surface area contributed by atoms with E-state index in [2.05, 4.69) is 10.7 Å². The van der Waals surface area contributed by atoms with Gasteiger partial charge >= 0.3 is 6.36 Å². The average Bonchev–Trinajstić information content (AvgIpc) is 3.12. The Balaban J connectivity index is 1.82. The molecule has 0 unspecified atom stereocenters. The van der Waals surface area contributed by atoms with E-state index in [4.69, 9.17) is 15.9 Å². The molecule has 4 rings (SSSR count). The normalized spacial score (nSPS) is 11.2. The summed E-state index contributed by atoms with van der Waals surface area (Å²) in [6.07, 6.45) is 0.766. The maximum absolute atomic E-state index is 13.5. The molecule has 0 fully saturated rings. The second kappa shape index (κ2) is 10.1. The van der Waals surface area contributed by atoms with Gasteiger partial charge in [0.25, 0.3) is 5.91 Å². The molecule has 0 N–H and O–H groups in total. The van der Waals surface area contributed by atoms with Crippen molar-refractivity contribution in [1.82, 2.24) is 4.57 Å². The molecule has 0 bridgehead atoms. The number of benzene rings is 3. The Kier molecular flexibility index (Phi) is 6.93. The van der Waals surface area contributed by atoms with Gasteiger partial charge in [0.15, 0.2) is 0 Å². The van der Waals surface area contributed by atoms with Gasteiger partial charge in [0.2, 0.25) is 0 Å². The first-order valence-corrected chi connectivity index (χ1v) is 10.9. The molecule has 0 amide bonds. The largest absolute Gasteiger partial charge is 0.573 e. The summed E-state index contributed by atoms with van der Waals surface area (Å²) in [5.74, 6) is 2.89. The minimum Gasteiger partial charge on any atom is -0.497 e. The summed E-state index contributed by atoms with van der Waals surface area (Å²) in [7, 11) is 1.53. The van der Waals surface area contributed by atoms with Crippen molar-refractivity contribution in [1.29, 1.82) is 0 Å². The lowest BCUT2D eigenvalue weighted by Crippen LogP contribution is -2.17. The third-order valence-corrected chi connectivity index (χ3v) is 5.68. The van der Waals surface area contributed by atoms with Gasteiger partial charge in [-0.2, -0.15) is 0 Å². The van der Waals surface area contributed by atoms with Gasteiger partial charge in [-0.05, 0) is 79.1 Å². The van der Waals surface area contributed by atoms with Crippen LogP contribution in [0.2, 0.25) is 0 Å². The third-order valence-electron chi connectivity index (χ3n) is 5.68. The van der Waals surface area contributed by atoms with Crippen LogP contribution < -0.4 is 14.2 Å². The first-order valence-electron chi connectivity index (χ1n) is 10.9. The summed E-state index contributed by atoms with van der Waals surface area (Å²) < 4.78 is 55.0. The predicted molar refractivity (Wildman–Crippen MR) is 130 cm³/mol. The van der Waals surface area contributed by atoms with E-state index in [0.717, 1.165) is 5.56 Å². The molecule has 5 nitrogen and oxygen atoms in total. The lowest BCUT2D eigenvalue weighted by molar-refractivity contribution is -0.274. The van der Waals surface area contributed by atoms with Crippen LogP contribution in [0.1, 0.15) is 27.2 Å². The van der Waals surface area contributed by atoms with Gasteiger partial charge in [-0.25, -0.2) is 0 Å². The summed E-state index contributed by atoms with van der Waals surface area (Å²) in [5, 5.41) is 0.478. The number of carbonyl (C=O) groups excluding carboxylic acids is 1. The van der Waals surface area contributed by atoms with Gasteiger partial charge in [-0.1, -0.05) is 18.1 Å². The zero-order chi connectivity index (χ0) is 25.9. The number of hydrogen-bond acceptors (Lipinski definition) is 4. The number of terminal acetylenes is 1. The molecule has 0 saturated carbocycles. The number of fused-ring (bicyclic) bond motifs is 1. The van der Waals surface area contributed by atoms with Crippen LogP contribution in [-0.4, -0.2) is 30.6 Å². The Bertz CT molecular complexity index is 1450. The summed E-state index contributed by atoms with van der Waals surface area (Å²) in [6.45, 7) is 1.87. The zero-order valence-electron chi connectivity index (χ0n) is 19.6. The second-order valence-corrected chi connectivity index (χ2v) is 7.98. The standard InChI is InChI=1S/C28H22F3NO4/c1-4-14-35-22-7-5-6-19(15-22)16-24-18(2)32(27(33)20-8-10-21(34-3)11-9-20)26-13-12-23(17-25(24)26)36-28(29,30)31/h1,5-13,15,17H,14,16H2,2-3H3. The molecule has 3 aromatic carbocycles. The minimum absolute atomic E-state index is 0.107. The molecule has 0 aliphatic carbocycles. The van der Waals surface area contributed by atoms with E-state index in [0.29, 0.717) is 45.6 Å². The van der Waals surface area contributed by atoms with Crippen molar-refractivity contribution >= 4 is 16.8 Å². The smallest absolute Gasteiger partial charge is 0.497 e. The van der Waals surface area contributed by atoms with Crippen LogP contribution >= 0.6 is 0 Å². The van der Waals surface area contributed by atoms with E-state index in [1.54, 1.807) is 49.4 Å². The molecule has 184 valence electrons. The summed E-state index contributed by atoms with van der Waals surface area (Å²) in [5.41, 5.74) is 3.00. The fourth-order valence-corrected chi connectivity index (χ4v) is 4.08. The van der Waals surface area contributed by atoms with E-state index in [1.165, 1.54) is 29.9 Å². The monoisotopic (exact) mass is 493 g/mol. The molecule has 0 spiro atoms. The molecular weight excluding hydrogens is 471 g/mol. The van der Waals surface area contributed by atoms with E-state index < -0.39 is 6.36 Å². The number of methoxy groups -OCH3 is 1. The highest BCUT2D eigenvalue weighted by atomic mass is 19.4. The zero-order valence-corrected chi connectivity index (χ0v) is 19.6. The Morgan fingerprint density at radius 2 is 1.72 bits per heavy atom. The highest BCUT2D eigenvalue weighted by Gasteiger charge is 2.31. The molecular formula is C28H22F3NO4. The maximum Gasteiger partial charge on any atom is 0.573 e.